The largest absolute Gasteiger partial charge is 0.480 e. The molecule has 1 aromatic carbocycles. The van der Waals surface area contributed by atoms with E-state index in [0.717, 1.165) is 0 Å². The molecule has 19 heavy (non-hydrogen) atoms. The zero-order chi connectivity index (χ0) is 14.5. The van der Waals surface area contributed by atoms with Crippen LogP contribution in [0.4, 0.5) is 8.78 Å². The minimum absolute atomic E-state index is 0.146. The van der Waals surface area contributed by atoms with Crippen LogP contribution in [0.1, 0.15) is 5.56 Å². The number of rotatable bonds is 7. The Hall–Kier alpha value is -1.34. The summed E-state index contributed by atoms with van der Waals surface area (Å²) < 4.78 is 38.4. The monoisotopic (exact) mass is 295 g/mol. The second kappa shape index (κ2) is 6.72. The van der Waals surface area contributed by atoms with Crippen molar-refractivity contribution in [2.75, 3.05) is 0 Å². The van der Waals surface area contributed by atoms with Crippen LogP contribution < -0.4 is 5.09 Å². The van der Waals surface area contributed by atoms with Crippen molar-refractivity contribution in [2.24, 2.45) is 0 Å². The Morgan fingerprint density at radius 1 is 1.37 bits per heavy atom. The van der Waals surface area contributed by atoms with Crippen molar-refractivity contribution >= 4 is 13.7 Å². The Bertz CT molecular complexity index is 470. The summed E-state index contributed by atoms with van der Waals surface area (Å²) in [7, 11) is -4.88. The summed E-state index contributed by atoms with van der Waals surface area (Å²) in [5.41, 5.74) is 0.569. The highest BCUT2D eigenvalue weighted by Crippen LogP contribution is 2.39. The van der Waals surface area contributed by atoms with E-state index in [0.29, 0.717) is 5.56 Å². The number of benzene rings is 1. The molecular formula is C10H12F2NO5P. The van der Waals surface area contributed by atoms with Gasteiger partial charge in [-0.3, -0.25) is 4.79 Å². The van der Waals surface area contributed by atoms with Gasteiger partial charge in [-0.05, 0) is 12.0 Å². The van der Waals surface area contributed by atoms with Crippen LogP contribution >= 0.6 is 7.75 Å². The molecule has 0 saturated carbocycles. The first-order valence-electron chi connectivity index (χ1n) is 5.14. The van der Waals surface area contributed by atoms with E-state index in [-0.39, 0.29) is 6.42 Å². The number of carboxylic acid groups (broad SMARTS) is 1. The molecule has 0 heterocycles. The van der Waals surface area contributed by atoms with E-state index in [2.05, 4.69) is 4.52 Å². The lowest BCUT2D eigenvalue weighted by Crippen LogP contribution is -2.37. The maximum absolute atomic E-state index is 11.9. The van der Waals surface area contributed by atoms with Gasteiger partial charge >= 0.3 is 20.3 Å². The van der Waals surface area contributed by atoms with Gasteiger partial charge in [0.2, 0.25) is 0 Å². The molecule has 2 atom stereocenters. The molecule has 3 N–H and O–H groups in total. The third kappa shape index (κ3) is 5.89. The van der Waals surface area contributed by atoms with Crippen LogP contribution in [0.15, 0.2) is 30.3 Å². The summed E-state index contributed by atoms with van der Waals surface area (Å²) in [5, 5.41) is 10.6. The highest BCUT2D eigenvalue weighted by atomic mass is 31.2. The van der Waals surface area contributed by atoms with E-state index >= 15 is 0 Å². The molecule has 1 rings (SSSR count). The van der Waals surface area contributed by atoms with E-state index in [1.165, 1.54) is 0 Å². The predicted octanol–water partition coefficient (Wildman–Crippen LogP) is 1.61. The molecule has 6 nitrogen and oxygen atoms in total. The number of alkyl halides is 2. The molecular weight excluding hydrogens is 283 g/mol. The molecule has 0 bridgehead atoms. The highest BCUT2D eigenvalue weighted by Gasteiger charge is 2.31. The van der Waals surface area contributed by atoms with Gasteiger partial charge in [0, 0.05) is 0 Å². The smallest absolute Gasteiger partial charge is 0.408 e. The maximum atomic E-state index is 11.9. The Kier molecular flexibility index (Phi) is 5.56. The number of aliphatic carboxylic acids is 1. The van der Waals surface area contributed by atoms with E-state index < -0.39 is 26.4 Å². The van der Waals surface area contributed by atoms with Crippen molar-refractivity contribution < 1.29 is 32.7 Å². The molecule has 0 radical (unpaired) electrons. The number of carboxylic acids is 1. The van der Waals surface area contributed by atoms with Gasteiger partial charge in [0.05, 0.1) is 0 Å². The number of halogens is 2. The van der Waals surface area contributed by atoms with E-state index in [1.54, 1.807) is 35.4 Å². The summed E-state index contributed by atoms with van der Waals surface area (Å²) >= 11 is 0. The van der Waals surface area contributed by atoms with E-state index in [4.69, 9.17) is 10.00 Å². The Morgan fingerprint density at radius 3 is 2.42 bits per heavy atom. The quantitative estimate of drug-likeness (QED) is 0.661. The average Bonchev–Trinajstić information content (AvgIpc) is 2.27. The predicted molar refractivity (Wildman–Crippen MR) is 61.6 cm³/mol. The van der Waals surface area contributed by atoms with Crippen LogP contribution in [0.5, 0.6) is 0 Å². The minimum atomic E-state index is -4.88. The van der Waals surface area contributed by atoms with E-state index in [9.17, 15) is 18.1 Å². The zero-order valence-electron chi connectivity index (χ0n) is 9.57. The van der Waals surface area contributed by atoms with Crippen molar-refractivity contribution in [2.45, 2.75) is 19.1 Å². The molecule has 0 aromatic heterocycles. The number of hydrogen-bond acceptors (Lipinski definition) is 3. The van der Waals surface area contributed by atoms with Gasteiger partial charge in [-0.15, -0.1) is 0 Å². The first kappa shape index (κ1) is 15.7. The standard InChI is InChI=1S/C10H12F2NO5P/c11-10(12)18-19(16,17)13-8(9(14)15)6-7-4-2-1-3-5-7/h1-5,8,10H,6H2,(H,14,15)(H2,13,16,17)/t8-/m0/s1. The first-order valence-corrected chi connectivity index (χ1v) is 6.72. The molecule has 0 aliphatic rings. The van der Waals surface area contributed by atoms with Crippen molar-refractivity contribution in [3.05, 3.63) is 35.9 Å². The third-order valence-corrected chi connectivity index (χ3v) is 3.21. The minimum Gasteiger partial charge on any atom is -0.480 e. The fraction of sp³-hybridized carbons (Fsp3) is 0.300. The van der Waals surface area contributed by atoms with Crippen LogP contribution in [0.25, 0.3) is 0 Å². The van der Waals surface area contributed by atoms with Crippen molar-refractivity contribution in [3.63, 3.8) is 0 Å². The van der Waals surface area contributed by atoms with Gasteiger partial charge in [0.1, 0.15) is 6.04 Å². The molecule has 1 aromatic rings. The fourth-order valence-electron chi connectivity index (χ4n) is 1.37. The molecule has 9 heteroatoms. The molecule has 0 amide bonds. The Morgan fingerprint density at radius 2 is 1.95 bits per heavy atom. The third-order valence-electron chi connectivity index (χ3n) is 2.12. The molecule has 0 fully saturated rings. The summed E-state index contributed by atoms with van der Waals surface area (Å²) in [6.45, 7) is -3.48. The van der Waals surface area contributed by atoms with Crippen LogP contribution in [-0.4, -0.2) is 28.6 Å². The molecule has 0 aliphatic carbocycles. The SMILES string of the molecule is O=C(O)[C@H](Cc1ccccc1)NP(=O)(O)OC(F)F. The number of hydrogen-bond donors (Lipinski definition) is 3. The van der Waals surface area contributed by atoms with Gasteiger partial charge in [0.25, 0.3) is 0 Å². The van der Waals surface area contributed by atoms with Gasteiger partial charge in [-0.25, -0.2) is 14.2 Å². The Labute approximate surface area is 107 Å². The van der Waals surface area contributed by atoms with Crippen molar-refractivity contribution in [1.29, 1.82) is 0 Å². The normalized spacial score (nSPS) is 16.0. The van der Waals surface area contributed by atoms with Crippen LogP contribution in [0.2, 0.25) is 0 Å². The highest BCUT2D eigenvalue weighted by molar-refractivity contribution is 7.50. The molecule has 0 spiro atoms. The summed E-state index contributed by atoms with van der Waals surface area (Å²) in [4.78, 5) is 20.0. The van der Waals surface area contributed by atoms with Crippen LogP contribution in [0, 0.1) is 0 Å². The maximum Gasteiger partial charge on any atom is 0.408 e. The van der Waals surface area contributed by atoms with Gasteiger partial charge < -0.3 is 10.00 Å². The molecule has 106 valence electrons. The fourth-order valence-corrected chi connectivity index (χ4v) is 2.25. The van der Waals surface area contributed by atoms with E-state index in [1.807, 2.05) is 0 Å². The molecule has 0 aliphatic heterocycles. The van der Waals surface area contributed by atoms with Gasteiger partial charge in [0.15, 0.2) is 0 Å². The summed E-state index contributed by atoms with van der Waals surface area (Å²) in [5.74, 6) is -1.45. The zero-order valence-corrected chi connectivity index (χ0v) is 10.5. The summed E-state index contributed by atoms with van der Waals surface area (Å²) in [6, 6.07) is 6.72. The Balaban J connectivity index is 2.74. The lowest BCUT2D eigenvalue weighted by molar-refractivity contribution is -0.139. The number of nitrogens with one attached hydrogen (secondary N) is 1. The molecule has 1 unspecified atom stereocenters. The van der Waals surface area contributed by atoms with Crippen LogP contribution in [0.3, 0.4) is 0 Å². The second-order valence-electron chi connectivity index (χ2n) is 3.60. The van der Waals surface area contributed by atoms with Crippen molar-refractivity contribution in [3.8, 4) is 0 Å². The number of carbonyl (C=O) groups is 1. The lowest BCUT2D eigenvalue weighted by atomic mass is 10.1. The van der Waals surface area contributed by atoms with Gasteiger partial charge in [-0.1, -0.05) is 30.3 Å². The van der Waals surface area contributed by atoms with Crippen molar-refractivity contribution in [1.82, 2.24) is 5.09 Å². The molecule has 0 saturated heterocycles. The topological polar surface area (TPSA) is 95.9 Å². The van der Waals surface area contributed by atoms with Crippen LogP contribution in [-0.2, 0) is 20.3 Å². The van der Waals surface area contributed by atoms with Gasteiger partial charge in [-0.2, -0.15) is 8.78 Å². The average molecular weight is 295 g/mol. The second-order valence-corrected chi connectivity index (χ2v) is 5.11. The lowest BCUT2D eigenvalue weighted by Gasteiger charge is -2.18. The first-order chi connectivity index (χ1) is 8.80. The summed E-state index contributed by atoms with van der Waals surface area (Å²) in [6.07, 6.45) is -0.146.